The summed E-state index contributed by atoms with van der Waals surface area (Å²) in [6.45, 7) is 2.64. The van der Waals surface area contributed by atoms with Gasteiger partial charge in [-0.25, -0.2) is 14.8 Å². The van der Waals surface area contributed by atoms with Crippen LogP contribution in [-0.4, -0.2) is 63.9 Å². The van der Waals surface area contributed by atoms with Gasteiger partial charge in [0.05, 0.1) is 10.6 Å². The fourth-order valence-corrected chi connectivity index (χ4v) is 3.81. The number of pyridine rings is 2. The molecule has 0 atom stereocenters. The van der Waals surface area contributed by atoms with Gasteiger partial charge in [-0.3, -0.25) is 4.79 Å². The van der Waals surface area contributed by atoms with E-state index in [4.69, 9.17) is 16.3 Å². The summed E-state index contributed by atoms with van der Waals surface area (Å²) >= 11 is 6.00. The molecule has 1 aliphatic heterocycles. The summed E-state index contributed by atoms with van der Waals surface area (Å²) in [6, 6.07) is 6.29. The van der Waals surface area contributed by atoms with E-state index in [1.807, 2.05) is 19.1 Å². The number of alkyl halides is 3. The molecular formula is C21H19ClF3N5O3. The Morgan fingerprint density at radius 2 is 1.91 bits per heavy atom. The zero-order valence-electron chi connectivity index (χ0n) is 17.5. The average molecular weight is 482 g/mol. The van der Waals surface area contributed by atoms with Crippen LogP contribution in [0.1, 0.15) is 21.7 Å². The molecule has 4 heterocycles. The molecule has 3 aromatic heterocycles. The normalized spacial score (nSPS) is 14.6. The van der Waals surface area contributed by atoms with E-state index in [2.05, 4.69) is 9.97 Å². The van der Waals surface area contributed by atoms with Gasteiger partial charge in [0.15, 0.2) is 12.3 Å². The highest BCUT2D eigenvalue weighted by Crippen LogP contribution is 2.33. The predicted octanol–water partition coefficient (Wildman–Crippen LogP) is 3.22. The summed E-state index contributed by atoms with van der Waals surface area (Å²) in [5.74, 6) is -0.856. The largest absolute Gasteiger partial charge is 0.451 e. The molecule has 8 nitrogen and oxygen atoms in total. The topological polar surface area (TPSA) is 80.0 Å². The van der Waals surface area contributed by atoms with Crippen molar-refractivity contribution in [3.05, 3.63) is 58.6 Å². The molecule has 4 rings (SSSR count). The summed E-state index contributed by atoms with van der Waals surface area (Å²) in [4.78, 5) is 36.0. The van der Waals surface area contributed by atoms with Crippen molar-refractivity contribution in [3.63, 3.8) is 0 Å². The van der Waals surface area contributed by atoms with Gasteiger partial charge in [0, 0.05) is 44.3 Å². The number of rotatable bonds is 4. The SMILES string of the molecule is Cc1cccc2nc(C(=O)OCC(=O)N3CCN(c4ncc(C(F)(F)F)cc4Cl)CC3)cn12. The Morgan fingerprint density at radius 3 is 2.55 bits per heavy atom. The van der Waals surface area contributed by atoms with E-state index in [1.165, 1.54) is 4.90 Å². The highest BCUT2D eigenvalue weighted by molar-refractivity contribution is 6.33. The molecule has 0 unspecified atom stereocenters. The van der Waals surface area contributed by atoms with E-state index in [0.717, 1.165) is 18.0 Å². The number of hydrogen-bond acceptors (Lipinski definition) is 6. The van der Waals surface area contributed by atoms with Crippen LogP contribution < -0.4 is 4.90 Å². The molecule has 0 radical (unpaired) electrons. The van der Waals surface area contributed by atoms with Crippen molar-refractivity contribution in [1.29, 1.82) is 0 Å². The minimum absolute atomic E-state index is 0.102. The number of aryl methyl sites for hydroxylation is 1. The van der Waals surface area contributed by atoms with Crippen molar-refractivity contribution in [2.75, 3.05) is 37.7 Å². The Labute approximate surface area is 191 Å². The van der Waals surface area contributed by atoms with Crippen LogP contribution in [0.3, 0.4) is 0 Å². The molecule has 0 aromatic carbocycles. The van der Waals surface area contributed by atoms with E-state index in [0.29, 0.717) is 18.7 Å². The maximum atomic E-state index is 12.8. The molecule has 1 fully saturated rings. The van der Waals surface area contributed by atoms with Gasteiger partial charge in [-0.15, -0.1) is 0 Å². The van der Waals surface area contributed by atoms with Crippen LogP contribution in [0.5, 0.6) is 0 Å². The predicted molar refractivity (Wildman–Crippen MR) is 113 cm³/mol. The Balaban J connectivity index is 1.31. The number of nitrogens with zero attached hydrogens (tertiary/aromatic N) is 5. The first-order valence-corrected chi connectivity index (χ1v) is 10.4. The molecule has 1 amide bonds. The van der Waals surface area contributed by atoms with Crippen molar-refractivity contribution >= 4 is 34.9 Å². The second kappa shape index (κ2) is 8.89. The van der Waals surface area contributed by atoms with Crippen LogP contribution >= 0.6 is 11.6 Å². The van der Waals surface area contributed by atoms with E-state index >= 15 is 0 Å². The molecule has 1 saturated heterocycles. The minimum atomic E-state index is -4.53. The number of halogens is 4. The summed E-state index contributed by atoms with van der Waals surface area (Å²) in [5.41, 5.74) is 0.674. The van der Waals surface area contributed by atoms with E-state index in [1.54, 1.807) is 21.6 Å². The third-order valence-electron chi connectivity index (χ3n) is 5.31. The summed E-state index contributed by atoms with van der Waals surface area (Å²) in [6.07, 6.45) is -2.24. The first-order valence-electron chi connectivity index (χ1n) is 10.0. The standard InChI is InChI=1S/C21H19ClF3N5O3/c1-13-3-2-4-17-27-16(11-30(13)17)20(32)33-12-18(31)28-5-7-29(8-6-28)19-15(22)9-14(10-26-19)21(23,24)25/h2-4,9-11H,5-8,12H2,1H3. The van der Waals surface area contributed by atoms with Gasteiger partial charge in [-0.05, 0) is 25.1 Å². The lowest BCUT2D eigenvalue weighted by Crippen LogP contribution is -2.50. The lowest BCUT2D eigenvalue weighted by molar-refractivity contribution is -0.138. The van der Waals surface area contributed by atoms with Gasteiger partial charge < -0.3 is 18.9 Å². The number of esters is 1. The molecule has 12 heteroatoms. The van der Waals surface area contributed by atoms with Crippen molar-refractivity contribution in [1.82, 2.24) is 19.3 Å². The van der Waals surface area contributed by atoms with Gasteiger partial charge in [0.25, 0.3) is 5.91 Å². The number of piperazine rings is 1. The number of carbonyl (C=O) groups excluding carboxylic acids is 2. The smallest absolute Gasteiger partial charge is 0.417 e. The van der Waals surface area contributed by atoms with E-state index in [-0.39, 0.29) is 35.5 Å². The summed E-state index contributed by atoms with van der Waals surface area (Å²) in [5, 5.41) is -0.110. The van der Waals surface area contributed by atoms with Gasteiger partial charge in [0.2, 0.25) is 0 Å². The van der Waals surface area contributed by atoms with Gasteiger partial charge in [0.1, 0.15) is 11.5 Å². The molecule has 174 valence electrons. The third-order valence-corrected chi connectivity index (χ3v) is 5.59. The van der Waals surface area contributed by atoms with Gasteiger partial charge in [-0.1, -0.05) is 17.7 Å². The fourth-order valence-electron chi connectivity index (χ4n) is 3.53. The van der Waals surface area contributed by atoms with Crippen molar-refractivity contribution < 1.29 is 27.5 Å². The Morgan fingerprint density at radius 1 is 1.18 bits per heavy atom. The highest BCUT2D eigenvalue weighted by Gasteiger charge is 2.32. The van der Waals surface area contributed by atoms with Crippen molar-refractivity contribution in [3.8, 4) is 0 Å². The number of fused-ring (bicyclic) bond motifs is 1. The number of imidazole rings is 1. The van der Waals surface area contributed by atoms with Gasteiger partial charge in [-0.2, -0.15) is 13.2 Å². The molecular weight excluding hydrogens is 463 g/mol. The molecule has 3 aromatic rings. The minimum Gasteiger partial charge on any atom is -0.451 e. The van der Waals surface area contributed by atoms with Crippen LogP contribution in [0.25, 0.3) is 5.65 Å². The zero-order valence-corrected chi connectivity index (χ0v) is 18.2. The lowest BCUT2D eigenvalue weighted by Gasteiger charge is -2.35. The fraction of sp³-hybridized carbons (Fsp3) is 0.333. The van der Waals surface area contributed by atoms with Crippen molar-refractivity contribution in [2.24, 2.45) is 0 Å². The van der Waals surface area contributed by atoms with Gasteiger partial charge >= 0.3 is 12.1 Å². The average Bonchev–Trinajstić information content (AvgIpc) is 3.23. The van der Waals surface area contributed by atoms with Crippen LogP contribution in [-0.2, 0) is 15.7 Å². The molecule has 33 heavy (non-hydrogen) atoms. The first-order chi connectivity index (χ1) is 15.6. The molecule has 0 aliphatic carbocycles. The van der Waals surface area contributed by atoms with E-state index < -0.39 is 24.3 Å². The lowest BCUT2D eigenvalue weighted by atomic mass is 10.2. The molecule has 0 bridgehead atoms. The Bertz CT molecular complexity index is 1210. The van der Waals surface area contributed by atoms with Crippen LogP contribution in [0.15, 0.2) is 36.7 Å². The first kappa shape index (κ1) is 22.8. The highest BCUT2D eigenvalue weighted by atomic mass is 35.5. The summed E-state index contributed by atoms with van der Waals surface area (Å²) in [7, 11) is 0. The maximum Gasteiger partial charge on any atom is 0.417 e. The summed E-state index contributed by atoms with van der Waals surface area (Å²) < 4.78 is 45.3. The zero-order chi connectivity index (χ0) is 23.8. The van der Waals surface area contributed by atoms with Crippen LogP contribution in [0.2, 0.25) is 5.02 Å². The number of aromatic nitrogens is 3. The second-order valence-corrected chi connectivity index (χ2v) is 7.90. The second-order valence-electron chi connectivity index (χ2n) is 7.49. The van der Waals surface area contributed by atoms with Crippen LogP contribution in [0, 0.1) is 6.92 Å². The molecule has 0 spiro atoms. The molecule has 1 aliphatic rings. The number of anilines is 1. The number of amides is 1. The quantitative estimate of drug-likeness (QED) is 0.532. The van der Waals surface area contributed by atoms with Crippen LogP contribution in [0.4, 0.5) is 19.0 Å². The monoisotopic (exact) mass is 481 g/mol. The molecule has 0 N–H and O–H groups in total. The Hall–Kier alpha value is -3.34. The maximum absolute atomic E-state index is 12.8. The third kappa shape index (κ3) is 4.87. The Kier molecular flexibility index (Phi) is 6.15. The van der Waals surface area contributed by atoms with Crippen molar-refractivity contribution in [2.45, 2.75) is 13.1 Å². The number of ether oxygens (including phenoxy) is 1. The number of hydrogen-bond donors (Lipinski definition) is 0. The van der Waals surface area contributed by atoms with E-state index in [9.17, 15) is 22.8 Å². The molecule has 0 saturated carbocycles. The number of carbonyl (C=O) groups is 2.